The first-order valence-electron chi connectivity index (χ1n) is 3.67. The van der Waals surface area contributed by atoms with Crippen LogP contribution in [0.15, 0.2) is 12.7 Å². The number of carbonyl (C=O) groups is 1. The van der Waals surface area contributed by atoms with Gasteiger partial charge >= 0.3 is 0 Å². The molecule has 0 unspecified atom stereocenters. The molecule has 0 atom stereocenters. The number of carbonyl (C=O) groups excluding carboxylic acids is 1. The molecule has 0 aliphatic rings. The summed E-state index contributed by atoms with van der Waals surface area (Å²) in [7, 11) is 0. The van der Waals surface area contributed by atoms with Gasteiger partial charge in [-0.2, -0.15) is 0 Å². The minimum absolute atomic E-state index is 0.151. The van der Waals surface area contributed by atoms with Gasteiger partial charge in [0.15, 0.2) is 4.47 Å². The Balaban J connectivity index is 2.76. The van der Waals surface area contributed by atoms with E-state index in [-0.39, 0.29) is 5.91 Å². The maximum atomic E-state index is 11.4. The zero-order chi connectivity index (χ0) is 9.84. The van der Waals surface area contributed by atoms with E-state index in [1.165, 1.54) is 11.3 Å². The summed E-state index contributed by atoms with van der Waals surface area (Å²) in [6, 6.07) is 0. The maximum Gasteiger partial charge on any atom is 0.263 e. The molecular formula is C8H9ClN2OS. The van der Waals surface area contributed by atoms with Crippen LogP contribution in [0.4, 0.5) is 0 Å². The van der Waals surface area contributed by atoms with Crippen molar-refractivity contribution in [2.24, 2.45) is 0 Å². The second-order valence-corrected chi connectivity index (χ2v) is 3.96. The Kier molecular flexibility index (Phi) is 3.45. The number of nitrogens with zero attached hydrogens (tertiary/aromatic N) is 1. The van der Waals surface area contributed by atoms with E-state index in [0.717, 1.165) is 0 Å². The Morgan fingerprint density at radius 2 is 2.54 bits per heavy atom. The third-order valence-electron chi connectivity index (χ3n) is 1.38. The molecule has 3 nitrogen and oxygen atoms in total. The average Bonchev–Trinajstić information content (AvgIpc) is 2.41. The highest BCUT2D eigenvalue weighted by Gasteiger charge is 2.12. The average molecular weight is 217 g/mol. The summed E-state index contributed by atoms with van der Waals surface area (Å²) in [6.45, 7) is 5.71. The number of nitrogens with one attached hydrogen (secondary N) is 1. The fourth-order valence-electron chi connectivity index (χ4n) is 0.819. The molecule has 0 aromatic carbocycles. The molecule has 1 aromatic rings. The third-order valence-corrected chi connectivity index (χ3v) is 2.64. The number of halogens is 1. The van der Waals surface area contributed by atoms with Crippen LogP contribution in [0.25, 0.3) is 0 Å². The van der Waals surface area contributed by atoms with Gasteiger partial charge in [-0.1, -0.05) is 29.0 Å². The number of hydrogen-bond acceptors (Lipinski definition) is 3. The summed E-state index contributed by atoms with van der Waals surface area (Å²) >= 11 is 6.83. The Morgan fingerprint density at radius 3 is 3.00 bits per heavy atom. The normalized spacial score (nSPS) is 9.69. The van der Waals surface area contributed by atoms with E-state index >= 15 is 0 Å². The quantitative estimate of drug-likeness (QED) is 0.786. The predicted molar refractivity (Wildman–Crippen MR) is 54.4 cm³/mol. The lowest BCUT2D eigenvalue weighted by molar-refractivity contribution is 0.0961. The number of thiazole rings is 1. The van der Waals surface area contributed by atoms with Crippen LogP contribution in [0, 0.1) is 6.92 Å². The van der Waals surface area contributed by atoms with Gasteiger partial charge in [0.2, 0.25) is 0 Å². The van der Waals surface area contributed by atoms with Crippen LogP contribution in [-0.4, -0.2) is 17.4 Å². The van der Waals surface area contributed by atoms with Gasteiger partial charge in [0.25, 0.3) is 5.91 Å². The fraction of sp³-hybridized carbons (Fsp3) is 0.250. The fourth-order valence-corrected chi connectivity index (χ4v) is 1.89. The van der Waals surface area contributed by atoms with Crippen LogP contribution in [0.3, 0.4) is 0 Å². The molecule has 70 valence electrons. The first kappa shape index (κ1) is 10.2. The molecule has 1 amide bonds. The van der Waals surface area contributed by atoms with Crippen molar-refractivity contribution in [3.63, 3.8) is 0 Å². The number of hydrogen-bond donors (Lipinski definition) is 1. The minimum Gasteiger partial charge on any atom is -0.348 e. The molecule has 0 radical (unpaired) electrons. The van der Waals surface area contributed by atoms with E-state index in [1.54, 1.807) is 13.0 Å². The van der Waals surface area contributed by atoms with Crippen LogP contribution < -0.4 is 5.32 Å². The molecule has 0 bridgehead atoms. The van der Waals surface area contributed by atoms with Crippen molar-refractivity contribution in [2.75, 3.05) is 6.54 Å². The van der Waals surface area contributed by atoms with Crippen molar-refractivity contribution in [1.82, 2.24) is 10.3 Å². The predicted octanol–water partition coefficient (Wildman–Crippen LogP) is 2.02. The maximum absolute atomic E-state index is 11.4. The van der Waals surface area contributed by atoms with Gasteiger partial charge in [0, 0.05) is 6.54 Å². The SMILES string of the molecule is C=CCNC(=O)c1sc(Cl)nc1C. The molecular weight excluding hydrogens is 208 g/mol. The smallest absolute Gasteiger partial charge is 0.263 e. The van der Waals surface area contributed by atoms with Crippen molar-refractivity contribution in [3.8, 4) is 0 Å². The van der Waals surface area contributed by atoms with Crippen LogP contribution in [0.2, 0.25) is 4.47 Å². The summed E-state index contributed by atoms with van der Waals surface area (Å²) in [6.07, 6.45) is 1.62. The van der Waals surface area contributed by atoms with Gasteiger partial charge in [0.1, 0.15) is 4.88 Å². The molecule has 0 fully saturated rings. The lowest BCUT2D eigenvalue weighted by Crippen LogP contribution is -2.22. The molecule has 1 heterocycles. The van der Waals surface area contributed by atoms with E-state index in [2.05, 4.69) is 16.9 Å². The van der Waals surface area contributed by atoms with Gasteiger partial charge in [-0.3, -0.25) is 4.79 Å². The summed E-state index contributed by atoms with van der Waals surface area (Å²) in [5.74, 6) is -0.151. The van der Waals surface area contributed by atoms with E-state index in [9.17, 15) is 4.79 Å². The number of rotatable bonds is 3. The van der Waals surface area contributed by atoms with Gasteiger partial charge in [0.05, 0.1) is 5.69 Å². The summed E-state index contributed by atoms with van der Waals surface area (Å²) in [5, 5.41) is 2.66. The molecule has 13 heavy (non-hydrogen) atoms. The topological polar surface area (TPSA) is 42.0 Å². The van der Waals surface area contributed by atoms with Crippen LogP contribution in [-0.2, 0) is 0 Å². The number of aryl methyl sites for hydroxylation is 1. The lowest BCUT2D eigenvalue weighted by atomic mass is 10.4. The standard InChI is InChI=1S/C8H9ClN2OS/c1-3-4-10-7(12)6-5(2)11-8(9)13-6/h3H,1,4H2,2H3,(H,10,12). The molecule has 0 aliphatic carbocycles. The zero-order valence-electron chi connectivity index (χ0n) is 7.13. The van der Waals surface area contributed by atoms with Crippen molar-refractivity contribution < 1.29 is 4.79 Å². The molecule has 5 heteroatoms. The molecule has 0 saturated heterocycles. The lowest BCUT2D eigenvalue weighted by Gasteiger charge is -1.98. The second kappa shape index (κ2) is 4.39. The van der Waals surface area contributed by atoms with Crippen molar-refractivity contribution in [1.29, 1.82) is 0 Å². The Hall–Kier alpha value is -0.870. The van der Waals surface area contributed by atoms with E-state index < -0.39 is 0 Å². The van der Waals surface area contributed by atoms with Crippen molar-refractivity contribution in [3.05, 3.63) is 27.7 Å². The molecule has 0 saturated carbocycles. The number of amides is 1. The Bertz CT molecular complexity index is 335. The van der Waals surface area contributed by atoms with Crippen molar-refractivity contribution >= 4 is 28.8 Å². The monoisotopic (exact) mass is 216 g/mol. The van der Waals surface area contributed by atoms with Crippen LogP contribution >= 0.6 is 22.9 Å². The van der Waals surface area contributed by atoms with Gasteiger partial charge < -0.3 is 5.32 Å². The highest BCUT2D eigenvalue weighted by Crippen LogP contribution is 2.21. The molecule has 0 spiro atoms. The second-order valence-electron chi connectivity index (χ2n) is 2.38. The Labute approximate surface area is 85.4 Å². The zero-order valence-corrected chi connectivity index (χ0v) is 8.71. The van der Waals surface area contributed by atoms with Gasteiger partial charge in [-0.05, 0) is 6.92 Å². The molecule has 1 N–H and O–H groups in total. The minimum atomic E-state index is -0.151. The third kappa shape index (κ3) is 2.54. The summed E-state index contributed by atoms with van der Waals surface area (Å²) in [5.41, 5.74) is 0.663. The van der Waals surface area contributed by atoms with E-state index in [1.807, 2.05) is 0 Å². The van der Waals surface area contributed by atoms with Crippen LogP contribution in [0.1, 0.15) is 15.4 Å². The first-order valence-corrected chi connectivity index (χ1v) is 4.86. The van der Waals surface area contributed by atoms with Crippen molar-refractivity contribution in [2.45, 2.75) is 6.92 Å². The summed E-state index contributed by atoms with van der Waals surface area (Å²) < 4.78 is 0.390. The summed E-state index contributed by atoms with van der Waals surface area (Å²) in [4.78, 5) is 15.9. The largest absolute Gasteiger partial charge is 0.348 e. The van der Waals surface area contributed by atoms with Gasteiger partial charge in [-0.25, -0.2) is 4.98 Å². The number of aromatic nitrogens is 1. The first-order chi connectivity index (χ1) is 6.15. The van der Waals surface area contributed by atoms with Crippen LogP contribution in [0.5, 0.6) is 0 Å². The van der Waals surface area contributed by atoms with E-state index in [4.69, 9.17) is 11.6 Å². The van der Waals surface area contributed by atoms with E-state index in [0.29, 0.717) is 21.6 Å². The highest BCUT2D eigenvalue weighted by molar-refractivity contribution is 7.17. The van der Waals surface area contributed by atoms with Gasteiger partial charge in [-0.15, -0.1) is 6.58 Å². The molecule has 1 aromatic heterocycles. The molecule has 0 aliphatic heterocycles. The molecule has 1 rings (SSSR count). The Morgan fingerprint density at radius 1 is 1.85 bits per heavy atom. The highest BCUT2D eigenvalue weighted by atomic mass is 35.5.